The van der Waals surface area contributed by atoms with Crippen LogP contribution in [0.5, 0.6) is 0 Å². The SMILES string of the molecule is c1ccc(-c2ccccc2N(c2ccc(-c3ccc4c(c3)c3ccccc3n4-c3ccccc3)cc2)c2ccc3sc4ccccc4c3c2)cc1. The molecule has 240 valence electrons. The van der Waals surface area contributed by atoms with E-state index in [4.69, 9.17) is 0 Å². The summed E-state index contributed by atoms with van der Waals surface area (Å²) < 4.78 is 4.98. The summed E-state index contributed by atoms with van der Waals surface area (Å²) in [4.78, 5) is 2.41. The van der Waals surface area contributed by atoms with Gasteiger partial charge in [0.1, 0.15) is 0 Å². The fraction of sp³-hybridized carbons (Fsp3) is 0. The Morgan fingerprint density at radius 3 is 1.84 bits per heavy atom. The molecule has 3 heteroatoms. The van der Waals surface area contributed by atoms with Crippen LogP contribution in [0.25, 0.3) is 69.9 Å². The molecule has 0 aliphatic heterocycles. The van der Waals surface area contributed by atoms with Crippen molar-refractivity contribution >= 4 is 70.4 Å². The number of hydrogen-bond acceptors (Lipinski definition) is 2. The number of fused-ring (bicyclic) bond motifs is 6. The summed E-state index contributed by atoms with van der Waals surface area (Å²) in [6.07, 6.45) is 0. The molecule has 2 heterocycles. The molecule has 0 bridgehead atoms. The highest BCUT2D eigenvalue weighted by atomic mass is 32.1. The van der Waals surface area contributed by atoms with Crippen LogP contribution in [0.4, 0.5) is 17.1 Å². The van der Waals surface area contributed by atoms with Gasteiger partial charge in [0.15, 0.2) is 0 Å². The van der Waals surface area contributed by atoms with E-state index in [0.717, 1.165) is 17.1 Å². The number of aromatic nitrogens is 1. The van der Waals surface area contributed by atoms with Crippen molar-refractivity contribution in [2.75, 3.05) is 4.90 Å². The van der Waals surface area contributed by atoms with Crippen molar-refractivity contribution in [1.29, 1.82) is 0 Å². The van der Waals surface area contributed by atoms with Gasteiger partial charge in [0.05, 0.1) is 16.7 Å². The molecule has 51 heavy (non-hydrogen) atoms. The Bertz CT molecular complexity index is 2850. The molecule has 8 aromatic carbocycles. The van der Waals surface area contributed by atoms with Gasteiger partial charge in [0.2, 0.25) is 0 Å². The molecule has 0 aliphatic rings. The van der Waals surface area contributed by atoms with Crippen LogP contribution in [-0.2, 0) is 0 Å². The highest BCUT2D eigenvalue weighted by molar-refractivity contribution is 7.25. The zero-order valence-corrected chi connectivity index (χ0v) is 28.6. The summed E-state index contributed by atoms with van der Waals surface area (Å²) in [6, 6.07) is 70.4. The third kappa shape index (κ3) is 5.01. The fourth-order valence-corrected chi connectivity index (χ4v) is 8.71. The van der Waals surface area contributed by atoms with Crippen LogP contribution in [0.15, 0.2) is 194 Å². The average molecular weight is 669 g/mol. The first kappa shape index (κ1) is 29.5. The quantitative estimate of drug-likeness (QED) is 0.171. The molecule has 0 saturated heterocycles. The summed E-state index contributed by atoms with van der Waals surface area (Å²) in [5.74, 6) is 0. The Balaban J connectivity index is 1.12. The Morgan fingerprint density at radius 1 is 0.373 bits per heavy atom. The molecule has 0 N–H and O–H groups in total. The van der Waals surface area contributed by atoms with Crippen molar-refractivity contribution in [1.82, 2.24) is 4.57 Å². The molecule has 0 radical (unpaired) electrons. The molecule has 0 aliphatic carbocycles. The second kappa shape index (κ2) is 12.2. The monoisotopic (exact) mass is 668 g/mol. The minimum atomic E-state index is 1.11. The fourth-order valence-electron chi connectivity index (χ4n) is 7.62. The molecule has 0 spiro atoms. The normalized spacial score (nSPS) is 11.5. The van der Waals surface area contributed by atoms with Gasteiger partial charge in [-0.05, 0) is 89.5 Å². The maximum Gasteiger partial charge on any atom is 0.0541 e. The molecular formula is C48H32N2S. The van der Waals surface area contributed by atoms with Crippen LogP contribution < -0.4 is 4.90 Å². The van der Waals surface area contributed by atoms with E-state index in [0.29, 0.717) is 0 Å². The highest BCUT2D eigenvalue weighted by Crippen LogP contribution is 2.44. The van der Waals surface area contributed by atoms with Crippen LogP contribution in [0.2, 0.25) is 0 Å². The number of nitrogens with zero attached hydrogens (tertiary/aromatic N) is 2. The summed E-state index contributed by atoms with van der Waals surface area (Å²) in [6.45, 7) is 0. The molecule has 0 saturated carbocycles. The Labute approximate surface area is 300 Å². The van der Waals surface area contributed by atoms with Gasteiger partial charge >= 0.3 is 0 Å². The van der Waals surface area contributed by atoms with Gasteiger partial charge in [0, 0.05) is 53.6 Å². The van der Waals surface area contributed by atoms with Gasteiger partial charge in [-0.25, -0.2) is 0 Å². The van der Waals surface area contributed by atoms with Crippen LogP contribution in [-0.4, -0.2) is 4.57 Å². The van der Waals surface area contributed by atoms with Crippen molar-refractivity contribution < 1.29 is 0 Å². The molecule has 2 nitrogen and oxygen atoms in total. The van der Waals surface area contributed by atoms with Crippen LogP contribution in [0, 0.1) is 0 Å². The van der Waals surface area contributed by atoms with E-state index in [1.807, 2.05) is 11.3 Å². The van der Waals surface area contributed by atoms with E-state index >= 15 is 0 Å². The highest BCUT2D eigenvalue weighted by Gasteiger charge is 2.19. The van der Waals surface area contributed by atoms with Crippen molar-refractivity contribution in [2.24, 2.45) is 0 Å². The predicted octanol–water partition coefficient (Wildman–Crippen LogP) is 14.0. The number of benzene rings is 8. The number of hydrogen-bond donors (Lipinski definition) is 0. The number of thiophene rings is 1. The summed E-state index contributed by atoms with van der Waals surface area (Å²) in [5, 5.41) is 5.10. The van der Waals surface area contributed by atoms with Gasteiger partial charge in [-0.1, -0.05) is 121 Å². The number of anilines is 3. The first-order chi connectivity index (χ1) is 25.3. The van der Waals surface area contributed by atoms with Gasteiger partial charge < -0.3 is 9.47 Å². The third-order valence-electron chi connectivity index (χ3n) is 9.99. The molecule has 0 unspecified atom stereocenters. The smallest absolute Gasteiger partial charge is 0.0541 e. The van der Waals surface area contributed by atoms with Gasteiger partial charge in [-0.2, -0.15) is 0 Å². The number of rotatable bonds is 6. The van der Waals surface area contributed by atoms with Crippen LogP contribution >= 0.6 is 11.3 Å². The lowest BCUT2D eigenvalue weighted by Crippen LogP contribution is -2.11. The first-order valence-corrected chi connectivity index (χ1v) is 18.2. The van der Waals surface area contributed by atoms with Crippen molar-refractivity contribution in [3.63, 3.8) is 0 Å². The molecular weight excluding hydrogens is 637 g/mol. The van der Waals surface area contributed by atoms with E-state index in [2.05, 4.69) is 204 Å². The summed E-state index contributed by atoms with van der Waals surface area (Å²) >= 11 is 1.85. The average Bonchev–Trinajstić information content (AvgIpc) is 3.74. The lowest BCUT2D eigenvalue weighted by atomic mass is 10.00. The molecule has 0 fully saturated rings. The van der Waals surface area contributed by atoms with Crippen LogP contribution in [0.1, 0.15) is 0 Å². The van der Waals surface area contributed by atoms with Crippen molar-refractivity contribution in [3.8, 4) is 27.9 Å². The Morgan fingerprint density at radius 2 is 1.00 bits per heavy atom. The maximum absolute atomic E-state index is 2.41. The second-order valence-corrected chi connectivity index (χ2v) is 14.0. The van der Waals surface area contributed by atoms with Crippen molar-refractivity contribution in [2.45, 2.75) is 0 Å². The number of para-hydroxylation sites is 3. The molecule has 10 rings (SSSR count). The van der Waals surface area contributed by atoms with Gasteiger partial charge in [-0.15, -0.1) is 11.3 Å². The molecule has 0 amide bonds. The summed E-state index contributed by atoms with van der Waals surface area (Å²) in [7, 11) is 0. The molecule has 10 aromatic rings. The zero-order valence-electron chi connectivity index (χ0n) is 27.8. The second-order valence-electron chi connectivity index (χ2n) is 13.0. The first-order valence-electron chi connectivity index (χ1n) is 17.4. The van der Waals surface area contributed by atoms with Gasteiger partial charge in [0.25, 0.3) is 0 Å². The van der Waals surface area contributed by atoms with E-state index in [9.17, 15) is 0 Å². The van der Waals surface area contributed by atoms with E-state index in [-0.39, 0.29) is 0 Å². The minimum Gasteiger partial charge on any atom is -0.310 e. The molecule has 2 aromatic heterocycles. The van der Waals surface area contributed by atoms with E-state index in [1.54, 1.807) is 0 Å². The van der Waals surface area contributed by atoms with Gasteiger partial charge in [-0.3, -0.25) is 0 Å². The third-order valence-corrected chi connectivity index (χ3v) is 11.1. The zero-order chi connectivity index (χ0) is 33.7. The maximum atomic E-state index is 2.41. The lowest BCUT2D eigenvalue weighted by Gasteiger charge is -2.28. The van der Waals surface area contributed by atoms with E-state index < -0.39 is 0 Å². The largest absolute Gasteiger partial charge is 0.310 e. The Hall–Kier alpha value is -6.42. The van der Waals surface area contributed by atoms with E-state index in [1.165, 1.54) is 69.9 Å². The topological polar surface area (TPSA) is 8.17 Å². The molecule has 0 atom stereocenters. The lowest BCUT2D eigenvalue weighted by molar-refractivity contribution is 1.18. The minimum absolute atomic E-state index is 1.11. The van der Waals surface area contributed by atoms with Crippen LogP contribution in [0.3, 0.4) is 0 Å². The van der Waals surface area contributed by atoms with Crippen molar-refractivity contribution in [3.05, 3.63) is 194 Å². The summed E-state index contributed by atoms with van der Waals surface area (Å²) in [5.41, 5.74) is 11.8. The standard InChI is InChI=1S/C48H32N2S/c1-3-13-34(14-4-1)39-17-7-10-20-44(39)49(38-28-30-48-43(32-38)41-19-9-12-22-47(41)51-48)37-26-23-33(24-27-37)35-25-29-46-42(31-35)40-18-8-11-21-45(40)50(46)36-15-5-2-6-16-36/h1-32H. The predicted molar refractivity (Wildman–Crippen MR) is 219 cm³/mol. The Kier molecular flexibility index (Phi) is 7.04.